The van der Waals surface area contributed by atoms with Crippen LogP contribution >= 0.6 is 7.29 Å². The summed E-state index contributed by atoms with van der Waals surface area (Å²) in [6.45, 7) is 3.29. The lowest BCUT2D eigenvalue weighted by Gasteiger charge is -2.28. The Hall–Kier alpha value is -2.00. The molecule has 0 bridgehead atoms. The predicted octanol–water partition coefficient (Wildman–Crippen LogP) is 1.01. The second-order valence-corrected chi connectivity index (χ2v) is 6.81. The van der Waals surface area contributed by atoms with Crippen LogP contribution in [-0.4, -0.2) is 5.91 Å². The number of quaternary nitrogens is 1. The number of hydrogen-bond donors (Lipinski definition) is 1. The van der Waals surface area contributed by atoms with Crippen LogP contribution in [0.4, 0.5) is 0 Å². The van der Waals surface area contributed by atoms with Crippen molar-refractivity contribution in [3.8, 4) is 0 Å². The van der Waals surface area contributed by atoms with E-state index >= 15 is 0 Å². The van der Waals surface area contributed by atoms with E-state index in [1.54, 1.807) is 60.7 Å². The molecule has 0 saturated heterocycles. The maximum atomic E-state index is 13.3. The minimum atomic E-state index is -3.65. The maximum absolute atomic E-state index is 13.3. The van der Waals surface area contributed by atoms with E-state index in [1.807, 2.05) is 0 Å². The summed E-state index contributed by atoms with van der Waals surface area (Å²) in [4.78, 5) is 10.8. The van der Waals surface area contributed by atoms with Crippen LogP contribution in [0.3, 0.4) is 0 Å². The first-order chi connectivity index (χ1) is 9.60. The van der Waals surface area contributed by atoms with Gasteiger partial charge >= 0.3 is 13.2 Å². The molecule has 2 rings (SSSR count). The number of hydroxylamine groups is 1. The van der Waals surface area contributed by atoms with Gasteiger partial charge in [-0.15, -0.1) is 0 Å². The number of hydrogen-bond acceptors (Lipinski definition) is 3. The fourth-order valence-electron chi connectivity index (χ4n) is 1.90. The zero-order valence-electron chi connectivity index (χ0n) is 10.7. The van der Waals surface area contributed by atoms with Crippen LogP contribution in [0.1, 0.15) is 0 Å². The third-order valence-electron chi connectivity index (χ3n) is 2.92. The SMILES string of the molecule is C=CC(=O)[NH+]([O-])P(=O)(c1ccccc1)c1ccccc1. The number of nitrogens with one attached hydrogen (secondary N) is 1. The molecule has 5 heteroatoms. The first-order valence-electron chi connectivity index (χ1n) is 6.03. The number of carbonyl (C=O) groups excluding carboxylic acids is 1. The molecule has 0 heterocycles. The molecule has 4 nitrogen and oxygen atoms in total. The second kappa shape index (κ2) is 5.97. The lowest BCUT2D eigenvalue weighted by atomic mass is 10.4. The molecule has 0 aliphatic heterocycles. The fourth-order valence-corrected chi connectivity index (χ4v) is 4.25. The van der Waals surface area contributed by atoms with E-state index in [4.69, 9.17) is 0 Å². The number of benzene rings is 2. The molecule has 2 aromatic rings. The molecule has 0 aliphatic rings. The molecule has 20 heavy (non-hydrogen) atoms. The van der Waals surface area contributed by atoms with Gasteiger partial charge in [-0.1, -0.05) is 43.0 Å². The van der Waals surface area contributed by atoms with Gasteiger partial charge < -0.3 is 5.21 Å². The Morgan fingerprint density at radius 2 is 1.40 bits per heavy atom. The number of amides is 1. The van der Waals surface area contributed by atoms with Crippen molar-refractivity contribution >= 4 is 23.8 Å². The van der Waals surface area contributed by atoms with Gasteiger partial charge in [-0.05, 0) is 24.3 Å². The lowest BCUT2D eigenvalue weighted by molar-refractivity contribution is -0.618. The summed E-state index contributed by atoms with van der Waals surface area (Å²) < 4.78 is 13.3. The van der Waals surface area contributed by atoms with Crippen LogP contribution in [0.5, 0.6) is 0 Å². The van der Waals surface area contributed by atoms with Crippen LogP contribution in [-0.2, 0) is 9.36 Å². The van der Waals surface area contributed by atoms with Crippen LogP contribution in [0.15, 0.2) is 73.3 Å². The van der Waals surface area contributed by atoms with Gasteiger partial charge in [0, 0.05) is 6.08 Å². The van der Waals surface area contributed by atoms with Gasteiger partial charge in [-0.3, -0.25) is 4.83 Å². The highest BCUT2D eigenvalue weighted by Crippen LogP contribution is 2.33. The average molecular weight is 287 g/mol. The summed E-state index contributed by atoms with van der Waals surface area (Å²) in [5.41, 5.74) is 0. The van der Waals surface area contributed by atoms with Crippen molar-refractivity contribution in [3.05, 3.63) is 78.5 Å². The number of rotatable bonds is 4. The quantitative estimate of drug-likeness (QED) is 0.518. The Morgan fingerprint density at radius 3 is 1.75 bits per heavy atom. The Morgan fingerprint density at radius 1 is 1.00 bits per heavy atom. The summed E-state index contributed by atoms with van der Waals surface area (Å²) in [6.07, 6.45) is 0.904. The zero-order chi connectivity index (χ0) is 14.6. The van der Waals surface area contributed by atoms with E-state index in [1.165, 1.54) is 0 Å². The molecule has 1 N–H and O–H groups in total. The monoisotopic (exact) mass is 287 g/mol. The van der Waals surface area contributed by atoms with E-state index < -0.39 is 18.0 Å². The van der Waals surface area contributed by atoms with E-state index in [0.29, 0.717) is 10.6 Å². The largest absolute Gasteiger partial charge is 0.623 e. The van der Waals surface area contributed by atoms with Gasteiger partial charge in [-0.2, -0.15) is 0 Å². The third kappa shape index (κ3) is 2.49. The van der Waals surface area contributed by atoms with Gasteiger partial charge in [-0.25, -0.2) is 9.36 Å². The minimum absolute atomic E-state index is 0.353. The first-order valence-corrected chi connectivity index (χ1v) is 7.74. The van der Waals surface area contributed by atoms with Crippen molar-refractivity contribution in [2.75, 3.05) is 0 Å². The van der Waals surface area contributed by atoms with Crippen LogP contribution < -0.4 is 15.4 Å². The standard InChI is InChI=1S/C15H14NO3P/c1-2-15(17)16(18)20(19,13-9-5-3-6-10-13)14-11-7-4-8-12-14/h2-12,16H,1H2. The zero-order valence-corrected chi connectivity index (χ0v) is 11.6. The fraction of sp³-hybridized carbons (Fsp3) is 0. The molecule has 1 unspecified atom stereocenters. The molecule has 0 saturated carbocycles. The van der Waals surface area contributed by atoms with Crippen molar-refractivity contribution in [3.63, 3.8) is 0 Å². The highest BCUT2D eigenvalue weighted by molar-refractivity contribution is 7.73. The lowest BCUT2D eigenvalue weighted by Crippen LogP contribution is -3.07. The van der Waals surface area contributed by atoms with Crippen molar-refractivity contribution in [1.82, 2.24) is 0 Å². The van der Waals surface area contributed by atoms with Crippen molar-refractivity contribution in [2.45, 2.75) is 0 Å². The van der Waals surface area contributed by atoms with E-state index in [9.17, 15) is 14.6 Å². The molecule has 2 aromatic carbocycles. The van der Waals surface area contributed by atoms with Crippen LogP contribution in [0.25, 0.3) is 0 Å². The smallest absolute Gasteiger partial charge is 0.340 e. The summed E-state index contributed by atoms with van der Waals surface area (Å²) in [5, 5.41) is 13.0. The summed E-state index contributed by atoms with van der Waals surface area (Å²) in [6, 6.07) is 16.7. The predicted molar refractivity (Wildman–Crippen MR) is 79.3 cm³/mol. The number of carbonyl (C=O) groups is 1. The molecule has 0 aromatic heterocycles. The van der Waals surface area contributed by atoms with E-state index in [0.717, 1.165) is 6.08 Å². The molecule has 1 atom stereocenters. The summed E-state index contributed by atoms with van der Waals surface area (Å²) in [7, 11) is -3.65. The third-order valence-corrected chi connectivity index (χ3v) is 5.76. The van der Waals surface area contributed by atoms with Crippen molar-refractivity contribution < 1.29 is 14.2 Å². The molecule has 1 amide bonds. The second-order valence-electron chi connectivity index (χ2n) is 4.15. The average Bonchev–Trinajstić information content (AvgIpc) is 2.54. The normalized spacial score (nSPS) is 12.7. The van der Waals surface area contributed by atoms with Gasteiger partial charge in [0.25, 0.3) is 0 Å². The Kier molecular flexibility index (Phi) is 4.30. The van der Waals surface area contributed by atoms with Crippen LogP contribution in [0, 0.1) is 5.21 Å². The van der Waals surface area contributed by atoms with Gasteiger partial charge in [0.1, 0.15) is 0 Å². The summed E-state index contributed by atoms with van der Waals surface area (Å²) in [5.74, 6) is -0.832. The van der Waals surface area contributed by atoms with E-state index in [2.05, 4.69) is 6.58 Å². The molecule has 0 radical (unpaired) electrons. The van der Waals surface area contributed by atoms with Crippen LogP contribution in [0.2, 0.25) is 0 Å². The topological polar surface area (TPSA) is 61.6 Å². The molecule has 0 fully saturated rings. The van der Waals surface area contributed by atoms with Gasteiger partial charge in [0.2, 0.25) is 0 Å². The Labute approximate surface area is 117 Å². The molecule has 0 aliphatic carbocycles. The molecule has 102 valence electrons. The Bertz CT molecular complexity index is 612. The van der Waals surface area contributed by atoms with Gasteiger partial charge in [0.15, 0.2) is 0 Å². The Balaban J connectivity index is 2.64. The molecular formula is C15H14NO3P. The minimum Gasteiger partial charge on any atom is -0.623 e. The highest BCUT2D eigenvalue weighted by Gasteiger charge is 2.37. The molecule has 0 spiro atoms. The molecular weight excluding hydrogens is 273 g/mol. The van der Waals surface area contributed by atoms with Crippen molar-refractivity contribution in [1.29, 1.82) is 0 Å². The first kappa shape index (κ1) is 14.4. The maximum Gasteiger partial charge on any atom is 0.340 e. The van der Waals surface area contributed by atoms with Gasteiger partial charge in [0.05, 0.1) is 10.6 Å². The highest BCUT2D eigenvalue weighted by atomic mass is 31.2. The summed E-state index contributed by atoms with van der Waals surface area (Å²) >= 11 is 0. The van der Waals surface area contributed by atoms with E-state index in [-0.39, 0.29) is 0 Å². The van der Waals surface area contributed by atoms with Crippen molar-refractivity contribution in [2.24, 2.45) is 0 Å².